The van der Waals surface area contributed by atoms with E-state index in [2.05, 4.69) is 26.1 Å². The third-order valence-electron chi connectivity index (χ3n) is 2.21. The maximum Gasteiger partial charge on any atom is 0.356 e. The van der Waals surface area contributed by atoms with Crippen molar-refractivity contribution in [2.75, 3.05) is 0 Å². The first-order valence-corrected chi connectivity index (χ1v) is 5.86. The highest BCUT2D eigenvalue weighted by Gasteiger charge is 2.06. The minimum absolute atomic E-state index is 0.116. The van der Waals surface area contributed by atoms with Gasteiger partial charge in [0.15, 0.2) is 5.69 Å². The molecule has 0 aliphatic carbocycles. The predicted molar refractivity (Wildman–Crippen MR) is 67.9 cm³/mol. The van der Waals surface area contributed by atoms with Crippen molar-refractivity contribution in [1.29, 1.82) is 0 Å². The van der Waals surface area contributed by atoms with E-state index < -0.39 is 5.97 Å². The summed E-state index contributed by atoms with van der Waals surface area (Å²) in [7, 11) is 0. The Kier molecular flexibility index (Phi) is 3.57. The molecule has 1 heterocycles. The molecule has 1 aromatic heterocycles. The molecule has 92 valence electrons. The molecule has 0 saturated carbocycles. The Morgan fingerprint density at radius 1 is 1.28 bits per heavy atom. The number of nitrogens with zero attached hydrogens (tertiary/aromatic N) is 2. The van der Waals surface area contributed by atoms with Gasteiger partial charge in [-0.2, -0.15) is 0 Å². The fourth-order valence-electron chi connectivity index (χ4n) is 1.29. The first-order valence-electron chi connectivity index (χ1n) is 5.07. The van der Waals surface area contributed by atoms with Crippen LogP contribution >= 0.6 is 15.9 Å². The van der Waals surface area contributed by atoms with Gasteiger partial charge in [0.1, 0.15) is 5.75 Å². The number of rotatable bonds is 3. The van der Waals surface area contributed by atoms with Crippen molar-refractivity contribution in [3.8, 4) is 11.6 Å². The quantitative estimate of drug-likeness (QED) is 0.943. The molecular formula is C12H9BrN2O3. The highest BCUT2D eigenvalue weighted by Crippen LogP contribution is 2.24. The lowest BCUT2D eigenvalue weighted by Gasteiger charge is -2.05. The number of carboxylic acids is 1. The number of carboxylic acid groups (broad SMARTS) is 1. The van der Waals surface area contributed by atoms with Crippen LogP contribution in [0.1, 0.15) is 16.1 Å². The second-order valence-electron chi connectivity index (χ2n) is 3.58. The van der Waals surface area contributed by atoms with Gasteiger partial charge in [-0.3, -0.25) is 0 Å². The molecule has 1 N–H and O–H groups in total. The third kappa shape index (κ3) is 2.84. The highest BCUT2D eigenvalue weighted by atomic mass is 79.9. The summed E-state index contributed by atoms with van der Waals surface area (Å²) >= 11 is 3.39. The average Bonchev–Trinajstić information content (AvgIpc) is 2.34. The van der Waals surface area contributed by atoms with E-state index in [1.807, 2.05) is 19.1 Å². The summed E-state index contributed by atoms with van der Waals surface area (Å²) in [6.45, 7) is 1.94. The van der Waals surface area contributed by atoms with Gasteiger partial charge in [0.25, 0.3) is 0 Å². The van der Waals surface area contributed by atoms with Crippen molar-refractivity contribution < 1.29 is 14.6 Å². The number of ether oxygens (including phenoxy) is 1. The molecule has 2 aromatic rings. The van der Waals surface area contributed by atoms with E-state index in [4.69, 9.17) is 9.84 Å². The van der Waals surface area contributed by atoms with Crippen LogP contribution in [-0.2, 0) is 0 Å². The van der Waals surface area contributed by atoms with Crippen LogP contribution in [0, 0.1) is 6.92 Å². The second-order valence-corrected chi connectivity index (χ2v) is 4.43. The molecule has 0 bridgehead atoms. The number of benzene rings is 1. The Balaban J connectivity index is 2.18. The smallest absolute Gasteiger partial charge is 0.356 e. The fourth-order valence-corrected chi connectivity index (χ4v) is 1.54. The van der Waals surface area contributed by atoms with Crippen molar-refractivity contribution in [2.45, 2.75) is 6.92 Å². The molecule has 2 rings (SSSR count). The standard InChI is InChI=1S/C12H9BrN2O3/c1-7-6-8(2-3-9(7)13)18-11-5-4-10(12(16)17)14-15-11/h2-6H,1H3,(H,16,17). The summed E-state index contributed by atoms with van der Waals surface area (Å²) in [5.41, 5.74) is 0.914. The van der Waals surface area contributed by atoms with Crippen LogP contribution in [0.5, 0.6) is 11.6 Å². The van der Waals surface area contributed by atoms with E-state index in [0.29, 0.717) is 5.75 Å². The van der Waals surface area contributed by atoms with Crippen molar-refractivity contribution in [3.63, 3.8) is 0 Å². The lowest BCUT2D eigenvalue weighted by atomic mass is 10.2. The van der Waals surface area contributed by atoms with Gasteiger partial charge in [-0.05, 0) is 36.8 Å². The SMILES string of the molecule is Cc1cc(Oc2ccc(C(=O)O)nn2)ccc1Br. The first kappa shape index (κ1) is 12.5. The van der Waals surface area contributed by atoms with E-state index in [1.54, 1.807) is 6.07 Å². The average molecular weight is 309 g/mol. The number of aromatic carboxylic acids is 1. The highest BCUT2D eigenvalue weighted by molar-refractivity contribution is 9.10. The van der Waals surface area contributed by atoms with Gasteiger partial charge in [-0.1, -0.05) is 15.9 Å². The fraction of sp³-hybridized carbons (Fsp3) is 0.0833. The number of halogens is 1. The molecule has 0 saturated heterocycles. The Morgan fingerprint density at radius 3 is 2.61 bits per heavy atom. The summed E-state index contributed by atoms with van der Waals surface area (Å²) in [6.07, 6.45) is 0. The van der Waals surface area contributed by atoms with Crippen LogP contribution in [-0.4, -0.2) is 21.3 Å². The molecule has 0 aliphatic rings. The molecule has 6 heteroatoms. The van der Waals surface area contributed by atoms with Crippen LogP contribution in [0.4, 0.5) is 0 Å². The van der Waals surface area contributed by atoms with Gasteiger partial charge in [0, 0.05) is 10.5 Å². The van der Waals surface area contributed by atoms with E-state index >= 15 is 0 Å². The van der Waals surface area contributed by atoms with Crippen LogP contribution in [0.3, 0.4) is 0 Å². The summed E-state index contributed by atoms with van der Waals surface area (Å²) in [5, 5.41) is 15.9. The monoisotopic (exact) mass is 308 g/mol. The van der Waals surface area contributed by atoms with Crippen molar-refractivity contribution in [2.24, 2.45) is 0 Å². The minimum atomic E-state index is -1.12. The molecule has 0 spiro atoms. The summed E-state index contributed by atoms with van der Waals surface area (Å²) in [4.78, 5) is 10.6. The van der Waals surface area contributed by atoms with E-state index in [1.165, 1.54) is 12.1 Å². The van der Waals surface area contributed by atoms with Crippen molar-refractivity contribution in [1.82, 2.24) is 10.2 Å². The van der Waals surface area contributed by atoms with Crippen LogP contribution in [0.15, 0.2) is 34.8 Å². The van der Waals surface area contributed by atoms with Crippen LogP contribution < -0.4 is 4.74 Å². The Bertz CT molecular complexity index is 584. The zero-order valence-electron chi connectivity index (χ0n) is 9.42. The molecule has 18 heavy (non-hydrogen) atoms. The second kappa shape index (κ2) is 5.14. The lowest BCUT2D eigenvalue weighted by Crippen LogP contribution is -2.02. The Labute approximate surface area is 112 Å². The van der Waals surface area contributed by atoms with E-state index in [0.717, 1.165) is 10.0 Å². The number of aromatic nitrogens is 2. The molecule has 0 atom stereocenters. The number of aryl methyl sites for hydroxylation is 1. The van der Waals surface area contributed by atoms with Gasteiger partial charge in [0.05, 0.1) is 0 Å². The maximum absolute atomic E-state index is 10.6. The predicted octanol–water partition coefficient (Wildman–Crippen LogP) is 3.04. The zero-order chi connectivity index (χ0) is 13.1. The zero-order valence-corrected chi connectivity index (χ0v) is 11.0. The molecule has 0 aliphatic heterocycles. The number of hydrogen-bond acceptors (Lipinski definition) is 4. The topological polar surface area (TPSA) is 72.3 Å². The Morgan fingerprint density at radius 2 is 2.06 bits per heavy atom. The largest absolute Gasteiger partial charge is 0.476 e. The van der Waals surface area contributed by atoms with Gasteiger partial charge in [-0.25, -0.2) is 4.79 Å². The normalized spacial score (nSPS) is 10.1. The summed E-state index contributed by atoms with van der Waals surface area (Å²) in [6, 6.07) is 8.30. The minimum Gasteiger partial charge on any atom is -0.476 e. The first-order chi connectivity index (χ1) is 8.56. The molecule has 5 nitrogen and oxygen atoms in total. The molecule has 0 radical (unpaired) electrons. The van der Waals surface area contributed by atoms with Gasteiger partial charge in [-0.15, -0.1) is 10.2 Å². The number of hydrogen-bond donors (Lipinski definition) is 1. The van der Waals surface area contributed by atoms with E-state index in [9.17, 15) is 4.79 Å². The van der Waals surface area contributed by atoms with E-state index in [-0.39, 0.29) is 11.6 Å². The molecule has 0 unspecified atom stereocenters. The summed E-state index contributed by atoms with van der Waals surface area (Å²) in [5.74, 6) is -0.247. The van der Waals surface area contributed by atoms with Crippen LogP contribution in [0.2, 0.25) is 0 Å². The van der Waals surface area contributed by atoms with Gasteiger partial charge >= 0.3 is 5.97 Å². The maximum atomic E-state index is 10.6. The third-order valence-corrected chi connectivity index (χ3v) is 3.10. The lowest BCUT2D eigenvalue weighted by molar-refractivity contribution is 0.0689. The Hall–Kier alpha value is -1.95. The summed E-state index contributed by atoms with van der Waals surface area (Å²) < 4.78 is 6.45. The molecular weight excluding hydrogens is 300 g/mol. The molecule has 1 aromatic carbocycles. The van der Waals surface area contributed by atoms with Crippen LogP contribution in [0.25, 0.3) is 0 Å². The molecule has 0 fully saturated rings. The van der Waals surface area contributed by atoms with Gasteiger partial charge in [0.2, 0.25) is 5.88 Å². The number of carbonyl (C=O) groups is 1. The van der Waals surface area contributed by atoms with Crippen molar-refractivity contribution >= 4 is 21.9 Å². The molecule has 0 amide bonds. The van der Waals surface area contributed by atoms with Gasteiger partial charge < -0.3 is 9.84 Å². The van der Waals surface area contributed by atoms with Crippen molar-refractivity contribution in [3.05, 3.63) is 46.1 Å².